The smallest absolute Gasteiger partial charge is 0.0281 e. The van der Waals surface area contributed by atoms with E-state index < -0.39 is 0 Å². The highest BCUT2D eigenvalue weighted by Gasteiger charge is 2.29. The van der Waals surface area contributed by atoms with E-state index >= 15 is 0 Å². The molecule has 0 aromatic heterocycles. The molecule has 0 aromatic rings. The van der Waals surface area contributed by atoms with Gasteiger partial charge in [-0.15, -0.1) is 0 Å². The second-order valence-electron chi connectivity index (χ2n) is 5.04. The minimum Gasteiger partial charge on any atom is -0.307 e. The number of rotatable bonds is 1. The number of hydrogen-bond donors (Lipinski definition) is 1. The van der Waals surface area contributed by atoms with E-state index in [4.69, 9.17) is 0 Å². The molecule has 2 rings (SSSR count). The molecule has 1 fully saturated rings. The lowest BCUT2D eigenvalue weighted by Crippen LogP contribution is -2.35. The van der Waals surface area contributed by atoms with Crippen LogP contribution in [0.3, 0.4) is 0 Å². The molecule has 3 unspecified atom stereocenters. The molecule has 0 amide bonds. The van der Waals surface area contributed by atoms with Crippen LogP contribution in [-0.4, -0.2) is 12.6 Å². The number of nitrogens with one attached hydrogen (secondary N) is 1. The van der Waals surface area contributed by atoms with Gasteiger partial charge in [0, 0.05) is 12.6 Å². The molecule has 1 aliphatic heterocycles. The topological polar surface area (TPSA) is 12.0 Å². The van der Waals surface area contributed by atoms with Crippen molar-refractivity contribution in [2.45, 2.75) is 39.2 Å². The summed E-state index contributed by atoms with van der Waals surface area (Å²) in [4.78, 5) is 0. The third-order valence-corrected chi connectivity index (χ3v) is 3.54. The van der Waals surface area contributed by atoms with Crippen LogP contribution in [0.5, 0.6) is 0 Å². The SMILES string of the molecule is CC1CC(C)CC(C2C=CCN2)C1. The highest BCUT2D eigenvalue weighted by atomic mass is 14.9. The van der Waals surface area contributed by atoms with E-state index in [1.165, 1.54) is 19.3 Å². The summed E-state index contributed by atoms with van der Waals surface area (Å²) in [5.41, 5.74) is 0. The van der Waals surface area contributed by atoms with Crippen molar-refractivity contribution < 1.29 is 0 Å². The van der Waals surface area contributed by atoms with Crippen LogP contribution in [0.15, 0.2) is 12.2 Å². The van der Waals surface area contributed by atoms with E-state index in [9.17, 15) is 0 Å². The quantitative estimate of drug-likeness (QED) is 0.610. The lowest BCUT2D eigenvalue weighted by molar-refractivity contribution is 0.197. The van der Waals surface area contributed by atoms with Gasteiger partial charge in [0.2, 0.25) is 0 Å². The van der Waals surface area contributed by atoms with Crippen LogP contribution in [0, 0.1) is 17.8 Å². The molecule has 1 heterocycles. The molecule has 0 radical (unpaired) electrons. The Labute approximate surface area is 81.6 Å². The molecular formula is C12H21N. The van der Waals surface area contributed by atoms with Crippen LogP contribution in [0.25, 0.3) is 0 Å². The van der Waals surface area contributed by atoms with Gasteiger partial charge in [-0.2, -0.15) is 0 Å². The Morgan fingerprint density at radius 2 is 1.77 bits per heavy atom. The molecule has 2 aliphatic rings. The molecule has 0 aromatic carbocycles. The normalized spacial score (nSPS) is 45.4. The molecule has 1 nitrogen and oxygen atoms in total. The fraction of sp³-hybridized carbons (Fsp3) is 0.833. The molecular weight excluding hydrogens is 158 g/mol. The maximum absolute atomic E-state index is 3.56. The maximum Gasteiger partial charge on any atom is 0.0281 e. The third-order valence-electron chi connectivity index (χ3n) is 3.54. The van der Waals surface area contributed by atoms with Crippen LogP contribution in [0.4, 0.5) is 0 Å². The van der Waals surface area contributed by atoms with E-state index in [2.05, 4.69) is 31.3 Å². The minimum atomic E-state index is 0.685. The molecule has 0 saturated heterocycles. The van der Waals surface area contributed by atoms with Gasteiger partial charge >= 0.3 is 0 Å². The lowest BCUT2D eigenvalue weighted by atomic mass is 9.74. The summed E-state index contributed by atoms with van der Waals surface area (Å²) in [6, 6.07) is 0.685. The Balaban J connectivity index is 1.94. The molecule has 74 valence electrons. The number of hydrogen-bond acceptors (Lipinski definition) is 1. The van der Waals surface area contributed by atoms with E-state index in [0.717, 1.165) is 24.3 Å². The Kier molecular flexibility index (Phi) is 2.73. The van der Waals surface area contributed by atoms with Crippen molar-refractivity contribution >= 4 is 0 Å². The van der Waals surface area contributed by atoms with Gasteiger partial charge in [0.05, 0.1) is 0 Å². The molecule has 0 spiro atoms. The summed E-state index contributed by atoms with van der Waals surface area (Å²) < 4.78 is 0. The van der Waals surface area contributed by atoms with Crippen LogP contribution in [0.2, 0.25) is 0 Å². The fourth-order valence-electron chi connectivity index (χ4n) is 3.11. The molecule has 3 atom stereocenters. The first-order valence-electron chi connectivity index (χ1n) is 5.65. The second kappa shape index (κ2) is 3.83. The van der Waals surface area contributed by atoms with Crippen molar-refractivity contribution in [3.8, 4) is 0 Å². The van der Waals surface area contributed by atoms with E-state index in [0.29, 0.717) is 6.04 Å². The first-order chi connectivity index (χ1) is 6.25. The summed E-state index contributed by atoms with van der Waals surface area (Å²) in [7, 11) is 0. The Morgan fingerprint density at radius 3 is 2.31 bits per heavy atom. The van der Waals surface area contributed by atoms with Crippen molar-refractivity contribution in [2.24, 2.45) is 17.8 Å². The van der Waals surface area contributed by atoms with E-state index in [1.807, 2.05) is 0 Å². The standard InChI is InChI=1S/C12H21N/c1-9-6-10(2)8-11(7-9)12-4-3-5-13-12/h3-4,9-13H,5-8H2,1-2H3. The van der Waals surface area contributed by atoms with Gasteiger partial charge in [-0.3, -0.25) is 0 Å². The average molecular weight is 179 g/mol. The predicted molar refractivity (Wildman–Crippen MR) is 56.6 cm³/mol. The largest absolute Gasteiger partial charge is 0.307 e. The van der Waals surface area contributed by atoms with Gasteiger partial charge in [-0.1, -0.05) is 26.0 Å². The van der Waals surface area contributed by atoms with Crippen molar-refractivity contribution in [1.29, 1.82) is 0 Å². The zero-order valence-corrected chi connectivity index (χ0v) is 8.79. The molecule has 1 heteroatoms. The maximum atomic E-state index is 3.56. The van der Waals surface area contributed by atoms with Gasteiger partial charge < -0.3 is 5.32 Å². The summed E-state index contributed by atoms with van der Waals surface area (Å²) in [6.45, 7) is 5.90. The minimum absolute atomic E-state index is 0.685. The Hall–Kier alpha value is -0.300. The molecule has 1 saturated carbocycles. The first-order valence-corrected chi connectivity index (χ1v) is 5.65. The highest BCUT2D eigenvalue weighted by Crippen LogP contribution is 2.35. The molecule has 0 bridgehead atoms. The Bertz CT molecular complexity index is 187. The van der Waals surface area contributed by atoms with Crippen molar-refractivity contribution in [3.05, 3.63) is 12.2 Å². The highest BCUT2D eigenvalue weighted by molar-refractivity contribution is 5.05. The van der Waals surface area contributed by atoms with Crippen molar-refractivity contribution in [1.82, 2.24) is 5.32 Å². The third kappa shape index (κ3) is 2.14. The fourth-order valence-corrected chi connectivity index (χ4v) is 3.11. The monoisotopic (exact) mass is 179 g/mol. The summed E-state index contributed by atoms with van der Waals surface area (Å²) in [6.07, 6.45) is 8.93. The van der Waals surface area contributed by atoms with Crippen LogP contribution in [-0.2, 0) is 0 Å². The van der Waals surface area contributed by atoms with Crippen molar-refractivity contribution in [2.75, 3.05) is 6.54 Å². The van der Waals surface area contributed by atoms with Gasteiger partial charge in [0.15, 0.2) is 0 Å². The summed E-state index contributed by atoms with van der Waals surface area (Å²) >= 11 is 0. The van der Waals surface area contributed by atoms with Gasteiger partial charge in [-0.25, -0.2) is 0 Å². The second-order valence-corrected chi connectivity index (χ2v) is 5.04. The predicted octanol–water partition coefficient (Wildman–Crippen LogP) is 2.59. The molecule has 1 N–H and O–H groups in total. The zero-order chi connectivity index (χ0) is 9.26. The van der Waals surface area contributed by atoms with Crippen LogP contribution >= 0.6 is 0 Å². The zero-order valence-electron chi connectivity index (χ0n) is 8.79. The van der Waals surface area contributed by atoms with Gasteiger partial charge in [0.25, 0.3) is 0 Å². The summed E-state index contributed by atoms with van der Waals surface area (Å²) in [5, 5.41) is 3.56. The molecule has 13 heavy (non-hydrogen) atoms. The van der Waals surface area contributed by atoms with Crippen molar-refractivity contribution in [3.63, 3.8) is 0 Å². The lowest BCUT2D eigenvalue weighted by Gasteiger charge is -2.34. The van der Waals surface area contributed by atoms with Gasteiger partial charge in [0.1, 0.15) is 0 Å². The molecule has 1 aliphatic carbocycles. The van der Waals surface area contributed by atoms with Gasteiger partial charge in [-0.05, 0) is 37.0 Å². The van der Waals surface area contributed by atoms with Crippen LogP contribution in [0.1, 0.15) is 33.1 Å². The van der Waals surface area contributed by atoms with E-state index in [1.54, 1.807) is 0 Å². The average Bonchev–Trinajstić information content (AvgIpc) is 2.53. The van der Waals surface area contributed by atoms with Crippen LogP contribution < -0.4 is 5.32 Å². The van der Waals surface area contributed by atoms with E-state index in [-0.39, 0.29) is 0 Å². The summed E-state index contributed by atoms with van der Waals surface area (Å²) in [5.74, 6) is 2.77. The Morgan fingerprint density at radius 1 is 1.08 bits per heavy atom. The first kappa shape index (κ1) is 9.26.